The van der Waals surface area contributed by atoms with E-state index in [1.54, 1.807) is 58.6 Å². The maximum atomic E-state index is 16.7. The summed E-state index contributed by atoms with van der Waals surface area (Å²) in [7, 11) is 1.62. The van der Waals surface area contributed by atoms with Crippen LogP contribution in [-0.4, -0.2) is 97.9 Å². The van der Waals surface area contributed by atoms with E-state index in [1.165, 1.54) is 0 Å². The fourth-order valence-corrected chi connectivity index (χ4v) is 6.91. The molecule has 7 rings (SSSR count). The van der Waals surface area contributed by atoms with E-state index in [4.69, 9.17) is 4.74 Å². The van der Waals surface area contributed by atoms with Gasteiger partial charge in [-0.15, -0.1) is 5.10 Å². The van der Waals surface area contributed by atoms with Crippen LogP contribution in [0.1, 0.15) is 54.2 Å². The molecule has 1 aromatic carbocycles. The van der Waals surface area contributed by atoms with Gasteiger partial charge in [0.25, 0.3) is 5.91 Å². The molecule has 1 fully saturated rings. The number of aromatic amines is 1. The number of amides is 2. The third-order valence-electron chi connectivity index (χ3n) is 9.56. The number of methoxy groups -OCH3 is 1. The van der Waals surface area contributed by atoms with Gasteiger partial charge in [0.15, 0.2) is 17.4 Å². The molecule has 0 aliphatic carbocycles. The van der Waals surface area contributed by atoms with E-state index in [1.807, 2.05) is 30.3 Å². The number of aryl methyl sites for hydroxylation is 1. The fraction of sp³-hybridized carbons (Fsp3) is 0.351. The number of rotatable bonds is 9. The van der Waals surface area contributed by atoms with Crippen molar-refractivity contribution >= 4 is 34.1 Å². The minimum atomic E-state index is -0.451. The van der Waals surface area contributed by atoms with Crippen molar-refractivity contribution in [1.82, 2.24) is 39.7 Å². The van der Waals surface area contributed by atoms with Gasteiger partial charge in [-0.2, -0.15) is 0 Å². The average Bonchev–Trinajstić information content (AvgIpc) is 3.85. The summed E-state index contributed by atoms with van der Waals surface area (Å²) in [5.41, 5.74) is 4.43. The van der Waals surface area contributed by atoms with Gasteiger partial charge >= 0.3 is 0 Å². The second kappa shape index (κ2) is 14.1. The Balaban J connectivity index is 1.20. The van der Waals surface area contributed by atoms with Crippen LogP contribution in [0.25, 0.3) is 27.6 Å². The molecule has 6 heterocycles. The highest BCUT2D eigenvalue weighted by Crippen LogP contribution is 2.39. The lowest BCUT2D eigenvalue weighted by molar-refractivity contribution is -0.131. The molecule has 1 saturated heterocycles. The van der Waals surface area contributed by atoms with Crippen LogP contribution in [0.2, 0.25) is 0 Å². The van der Waals surface area contributed by atoms with Gasteiger partial charge in [0.2, 0.25) is 5.91 Å². The van der Waals surface area contributed by atoms with Gasteiger partial charge in [0.05, 0.1) is 25.4 Å². The van der Waals surface area contributed by atoms with Gasteiger partial charge < -0.3 is 24.4 Å². The van der Waals surface area contributed by atoms with Crippen LogP contribution in [0.15, 0.2) is 67.4 Å². The average molecular weight is 678 g/mol. The van der Waals surface area contributed by atoms with Crippen molar-refractivity contribution in [3.8, 4) is 16.9 Å². The summed E-state index contributed by atoms with van der Waals surface area (Å²) in [6.45, 7) is 7.59. The van der Waals surface area contributed by atoms with Crippen LogP contribution >= 0.6 is 0 Å². The van der Waals surface area contributed by atoms with Crippen molar-refractivity contribution < 1.29 is 18.7 Å². The van der Waals surface area contributed by atoms with E-state index < -0.39 is 5.82 Å². The summed E-state index contributed by atoms with van der Waals surface area (Å²) < 4.78 is 23.9. The second-order valence-corrected chi connectivity index (χ2v) is 12.9. The maximum Gasteiger partial charge on any atom is 0.270 e. The van der Waals surface area contributed by atoms with Gasteiger partial charge in [-0.1, -0.05) is 25.1 Å². The summed E-state index contributed by atoms with van der Waals surface area (Å²) >= 11 is 0. The Morgan fingerprint density at radius 2 is 1.84 bits per heavy atom. The van der Waals surface area contributed by atoms with E-state index in [0.717, 1.165) is 28.1 Å². The van der Waals surface area contributed by atoms with Crippen LogP contribution in [0, 0.1) is 5.82 Å². The number of aromatic nitrogens is 6. The monoisotopic (exact) mass is 677 g/mol. The molecule has 0 atom stereocenters. The zero-order valence-electron chi connectivity index (χ0n) is 28.5. The number of fused-ring (bicyclic) bond motifs is 1. The number of carbonyl (C=O) groups is 2. The molecule has 2 aliphatic heterocycles. The summed E-state index contributed by atoms with van der Waals surface area (Å²) in [4.78, 5) is 44.9. The number of halogens is 1. The Bertz CT molecular complexity index is 2050. The molecule has 12 nitrogen and oxygen atoms in total. The molecule has 5 aromatic rings. The van der Waals surface area contributed by atoms with Gasteiger partial charge in [-0.3, -0.25) is 19.3 Å². The third kappa shape index (κ3) is 6.42. The number of H-pyrrole nitrogens is 1. The van der Waals surface area contributed by atoms with Crippen LogP contribution in [0.5, 0.6) is 5.75 Å². The van der Waals surface area contributed by atoms with E-state index in [9.17, 15) is 9.59 Å². The third-order valence-corrected chi connectivity index (χ3v) is 9.56. The number of pyridine rings is 2. The molecule has 0 bridgehead atoms. The van der Waals surface area contributed by atoms with E-state index in [0.29, 0.717) is 68.1 Å². The van der Waals surface area contributed by atoms with Gasteiger partial charge in [0, 0.05) is 87.0 Å². The molecular formula is C37H40FN9O3. The number of anilines is 1. The lowest BCUT2D eigenvalue weighted by Gasteiger charge is -2.35. The molecule has 1 N–H and O–H groups in total. The van der Waals surface area contributed by atoms with Gasteiger partial charge in [0.1, 0.15) is 5.69 Å². The molecule has 0 unspecified atom stereocenters. The van der Waals surface area contributed by atoms with Crippen molar-refractivity contribution in [2.45, 2.75) is 39.2 Å². The van der Waals surface area contributed by atoms with Crippen LogP contribution in [-0.2, 0) is 11.3 Å². The number of benzene rings is 1. The van der Waals surface area contributed by atoms with E-state index in [2.05, 4.69) is 44.0 Å². The number of hydrogen-bond acceptors (Lipinski definition) is 8. The SMILES string of the molecule is COc1cccnc1N1CCN(C(=O)c2cc3c(-c4cnccc4C(C)C)cc(C4=CCCN(C(=O)CCn5ccnn5)C4)c(F)c3[nH]2)CC1. The Morgan fingerprint density at radius 3 is 2.60 bits per heavy atom. The first kappa shape index (κ1) is 32.9. The van der Waals surface area contributed by atoms with Crippen molar-refractivity contribution in [3.63, 3.8) is 0 Å². The van der Waals surface area contributed by atoms with Crippen LogP contribution in [0.3, 0.4) is 0 Å². The molecule has 2 amide bonds. The Kier molecular flexibility index (Phi) is 9.29. The van der Waals surface area contributed by atoms with Crippen molar-refractivity contribution in [2.75, 3.05) is 51.3 Å². The minimum absolute atomic E-state index is 0.0310. The lowest BCUT2D eigenvalue weighted by atomic mass is 9.89. The summed E-state index contributed by atoms with van der Waals surface area (Å²) in [5, 5.41) is 8.37. The fourth-order valence-electron chi connectivity index (χ4n) is 6.91. The number of piperazine rings is 1. The summed E-state index contributed by atoms with van der Waals surface area (Å²) in [5.74, 6) is 0.932. The number of carbonyl (C=O) groups excluding carboxylic acids is 2. The van der Waals surface area contributed by atoms with Gasteiger partial charge in [-0.25, -0.2) is 9.37 Å². The predicted octanol–water partition coefficient (Wildman–Crippen LogP) is 5.16. The Labute approximate surface area is 289 Å². The quantitative estimate of drug-likeness (QED) is 0.227. The van der Waals surface area contributed by atoms with Crippen molar-refractivity contribution in [1.29, 1.82) is 0 Å². The molecule has 0 saturated carbocycles. The topological polar surface area (TPSA) is 125 Å². The first-order valence-corrected chi connectivity index (χ1v) is 17.0. The maximum absolute atomic E-state index is 16.7. The van der Waals surface area contributed by atoms with Crippen molar-refractivity contribution in [3.05, 3.63) is 90.0 Å². The molecule has 0 radical (unpaired) electrons. The number of ether oxygens (including phenoxy) is 1. The second-order valence-electron chi connectivity index (χ2n) is 12.9. The Morgan fingerprint density at radius 1 is 1.00 bits per heavy atom. The number of nitrogens with one attached hydrogen (secondary N) is 1. The number of hydrogen-bond donors (Lipinski definition) is 1. The number of nitrogens with zero attached hydrogens (tertiary/aromatic N) is 8. The van der Waals surface area contributed by atoms with Crippen LogP contribution in [0.4, 0.5) is 10.2 Å². The molecule has 258 valence electrons. The Hall–Kier alpha value is -5.59. The highest BCUT2D eigenvalue weighted by atomic mass is 19.1. The van der Waals surface area contributed by atoms with Crippen LogP contribution < -0.4 is 9.64 Å². The zero-order valence-corrected chi connectivity index (χ0v) is 28.5. The van der Waals surface area contributed by atoms with Gasteiger partial charge in [-0.05, 0) is 59.4 Å². The highest BCUT2D eigenvalue weighted by Gasteiger charge is 2.29. The molecule has 50 heavy (non-hydrogen) atoms. The smallest absolute Gasteiger partial charge is 0.270 e. The normalized spacial score (nSPS) is 15.1. The molecule has 0 spiro atoms. The minimum Gasteiger partial charge on any atom is -0.493 e. The largest absolute Gasteiger partial charge is 0.493 e. The van der Waals surface area contributed by atoms with Crippen molar-refractivity contribution in [2.24, 2.45) is 0 Å². The first-order chi connectivity index (χ1) is 24.3. The predicted molar refractivity (Wildman–Crippen MR) is 188 cm³/mol. The standard InChI is InChI=1S/C37H40FN9O3/c1-24(2)26-8-11-39-22-30(26)28-20-27(25-6-5-13-46(23-25)33(48)9-14-47-15-12-41-43-47)34(38)35-29(28)21-31(42-35)37(49)45-18-16-44(17-19-45)36-32(50-3)7-4-10-40-36/h4,6-8,10-12,15,20-22,24,42H,5,9,13-14,16-19,23H2,1-3H3. The zero-order chi connectivity index (χ0) is 34.8. The summed E-state index contributed by atoms with van der Waals surface area (Å²) in [6, 6.07) is 9.31. The van der Waals surface area contributed by atoms with E-state index in [-0.39, 0.29) is 36.2 Å². The lowest BCUT2D eigenvalue weighted by Crippen LogP contribution is -2.49. The molecule has 4 aromatic heterocycles. The highest BCUT2D eigenvalue weighted by molar-refractivity contribution is 6.05. The molecular weight excluding hydrogens is 637 g/mol. The molecule has 2 aliphatic rings. The molecule has 13 heteroatoms. The van der Waals surface area contributed by atoms with E-state index >= 15 is 4.39 Å². The summed E-state index contributed by atoms with van der Waals surface area (Å²) in [6.07, 6.45) is 11.5. The first-order valence-electron chi connectivity index (χ1n) is 17.0.